The number of hydrogen-bond donors (Lipinski definition) is 0. The van der Waals surface area contributed by atoms with E-state index in [-0.39, 0.29) is 11.3 Å². The third-order valence-electron chi connectivity index (χ3n) is 7.17. The van der Waals surface area contributed by atoms with Crippen LogP contribution in [0.2, 0.25) is 0 Å². The standard InChI is InChI=1S/C27H42N2O2S/c1-23-14-16-26(17-15-23)32(30,31)22-28-21-27(2)18-10-6-9-13-25(19-27)29-20-24-11-7-4-3-5-8-12-24/h14-17,20-21,24-25H,3-13,18-19,22H2,1-2H3. The zero-order chi connectivity index (χ0) is 22.9. The second-order valence-corrected chi connectivity index (χ2v) is 12.3. The van der Waals surface area contributed by atoms with Gasteiger partial charge in [0.15, 0.2) is 9.84 Å². The number of rotatable bonds is 6. The molecule has 0 spiro atoms. The predicted octanol–water partition coefficient (Wildman–Crippen LogP) is 6.96. The summed E-state index contributed by atoms with van der Waals surface area (Å²) in [6.07, 6.45) is 20.4. The highest BCUT2D eigenvalue weighted by atomic mass is 32.2. The highest BCUT2D eigenvalue weighted by Gasteiger charge is 2.28. The molecule has 0 saturated heterocycles. The number of aryl methyl sites for hydroxylation is 1. The maximum absolute atomic E-state index is 12.7. The summed E-state index contributed by atoms with van der Waals surface area (Å²) in [5.41, 5.74) is 0.965. The van der Waals surface area contributed by atoms with Crippen LogP contribution in [-0.4, -0.2) is 32.8 Å². The average molecular weight is 459 g/mol. The number of benzene rings is 1. The fourth-order valence-electron chi connectivity index (χ4n) is 5.13. The summed E-state index contributed by atoms with van der Waals surface area (Å²) in [6.45, 7) is 4.19. The Kier molecular flexibility index (Phi) is 9.51. The van der Waals surface area contributed by atoms with E-state index in [4.69, 9.17) is 4.99 Å². The molecule has 0 aliphatic heterocycles. The number of sulfone groups is 1. The van der Waals surface area contributed by atoms with Gasteiger partial charge in [-0.15, -0.1) is 0 Å². The maximum Gasteiger partial charge on any atom is 0.198 e. The molecule has 0 amide bonds. The molecule has 0 heterocycles. The lowest BCUT2D eigenvalue weighted by atomic mass is 9.77. The van der Waals surface area contributed by atoms with Gasteiger partial charge in [-0.1, -0.05) is 76.0 Å². The van der Waals surface area contributed by atoms with Crippen molar-refractivity contribution in [1.29, 1.82) is 0 Å². The first-order valence-electron chi connectivity index (χ1n) is 12.7. The van der Waals surface area contributed by atoms with Crippen molar-refractivity contribution in [3.8, 4) is 0 Å². The van der Waals surface area contributed by atoms with Gasteiger partial charge >= 0.3 is 0 Å². The minimum atomic E-state index is -3.39. The summed E-state index contributed by atoms with van der Waals surface area (Å²) in [6, 6.07) is 7.36. The van der Waals surface area contributed by atoms with Gasteiger partial charge in [0.25, 0.3) is 0 Å². The predicted molar refractivity (Wildman–Crippen MR) is 136 cm³/mol. The third-order valence-corrected chi connectivity index (χ3v) is 8.65. The smallest absolute Gasteiger partial charge is 0.198 e. The van der Waals surface area contributed by atoms with Crippen LogP contribution in [0.5, 0.6) is 0 Å². The Balaban J connectivity index is 1.63. The first-order chi connectivity index (χ1) is 15.4. The van der Waals surface area contributed by atoms with Crippen LogP contribution in [0, 0.1) is 18.3 Å². The molecule has 2 unspecified atom stereocenters. The van der Waals surface area contributed by atoms with Gasteiger partial charge in [-0.25, -0.2) is 8.42 Å². The van der Waals surface area contributed by atoms with Gasteiger partial charge in [0.2, 0.25) is 0 Å². The molecule has 1 aromatic carbocycles. The molecular weight excluding hydrogens is 416 g/mol. The molecule has 2 atom stereocenters. The Bertz CT molecular complexity index is 852. The molecular formula is C27H42N2O2S. The van der Waals surface area contributed by atoms with Gasteiger partial charge in [0.1, 0.15) is 5.88 Å². The summed E-state index contributed by atoms with van der Waals surface area (Å²) < 4.78 is 25.3. The van der Waals surface area contributed by atoms with Gasteiger partial charge in [0.05, 0.1) is 10.9 Å². The van der Waals surface area contributed by atoms with Gasteiger partial charge in [-0.3, -0.25) is 9.98 Å². The topological polar surface area (TPSA) is 58.9 Å². The molecule has 178 valence electrons. The van der Waals surface area contributed by atoms with E-state index in [9.17, 15) is 8.42 Å². The van der Waals surface area contributed by atoms with Crippen molar-refractivity contribution in [3.63, 3.8) is 0 Å². The molecule has 2 aliphatic carbocycles. The lowest BCUT2D eigenvalue weighted by molar-refractivity contribution is 0.313. The van der Waals surface area contributed by atoms with Gasteiger partial charge in [-0.05, 0) is 57.1 Å². The molecule has 0 radical (unpaired) electrons. The highest BCUT2D eigenvalue weighted by Crippen LogP contribution is 2.34. The van der Waals surface area contributed by atoms with Crippen LogP contribution in [0.1, 0.15) is 96.0 Å². The van der Waals surface area contributed by atoms with E-state index in [1.165, 1.54) is 64.2 Å². The average Bonchev–Trinajstić information content (AvgIpc) is 2.71. The molecule has 0 bridgehead atoms. The lowest BCUT2D eigenvalue weighted by Gasteiger charge is -2.31. The second kappa shape index (κ2) is 12.1. The van der Waals surface area contributed by atoms with Crippen molar-refractivity contribution in [1.82, 2.24) is 0 Å². The van der Waals surface area contributed by atoms with E-state index in [0.717, 1.165) is 24.8 Å². The highest BCUT2D eigenvalue weighted by molar-refractivity contribution is 7.91. The monoisotopic (exact) mass is 458 g/mol. The maximum atomic E-state index is 12.7. The Morgan fingerprint density at radius 1 is 0.938 bits per heavy atom. The van der Waals surface area contributed by atoms with E-state index in [0.29, 0.717) is 16.9 Å². The fourth-order valence-corrected chi connectivity index (χ4v) is 6.10. The summed E-state index contributed by atoms with van der Waals surface area (Å²) in [4.78, 5) is 9.89. The molecule has 1 aromatic rings. The summed E-state index contributed by atoms with van der Waals surface area (Å²) in [5, 5.41) is 0. The first-order valence-corrected chi connectivity index (χ1v) is 14.4. The van der Waals surface area contributed by atoms with Crippen LogP contribution in [0.3, 0.4) is 0 Å². The molecule has 2 aliphatic rings. The Labute approximate surface area is 195 Å². The number of hydrogen-bond acceptors (Lipinski definition) is 4. The molecule has 0 N–H and O–H groups in total. The molecule has 2 fully saturated rings. The second-order valence-electron chi connectivity index (χ2n) is 10.4. The Morgan fingerprint density at radius 2 is 1.56 bits per heavy atom. The van der Waals surface area contributed by atoms with E-state index in [1.807, 2.05) is 25.3 Å². The molecule has 4 nitrogen and oxygen atoms in total. The van der Waals surface area contributed by atoms with E-state index in [2.05, 4.69) is 18.1 Å². The van der Waals surface area contributed by atoms with Gasteiger partial charge in [-0.2, -0.15) is 0 Å². The van der Waals surface area contributed by atoms with Crippen molar-refractivity contribution < 1.29 is 8.42 Å². The van der Waals surface area contributed by atoms with Gasteiger partial charge < -0.3 is 0 Å². The minimum Gasteiger partial charge on any atom is -0.294 e. The SMILES string of the molecule is Cc1ccc(S(=O)(=O)CN=CC2(C)CCCCCC(N=CC3CCCCCCC3)C2)cc1. The lowest BCUT2D eigenvalue weighted by Crippen LogP contribution is -2.27. The molecule has 3 rings (SSSR count). The molecule has 5 heteroatoms. The first kappa shape index (κ1) is 25.1. The molecule has 32 heavy (non-hydrogen) atoms. The number of nitrogens with zero attached hydrogens (tertiary/aromatic N) is 2. The van der Waals surface area contributed by atoms with Crippen LogP contribution in [0.25, 0.3) is 0 Å². The Morgan fingerprint density at radius 3 is 2.28 bits per heavy atom. The molecule has 0 aromatic heterocycles. The van der Waals surface area contributed by atoms with Crippen molar-refractivity contribution >= 4 is 22.3 Å². The molecule has 2 saturated carbocycles. The van der Waals surface area contributed by atoms with E-state index >= 15 is 0 Å². The van der Waals surface area contributed by atoms with Crippen LogP contribution >= 0.6 is 0 Å². The zero-order valence-electron chi connectivity index (χ0n) is 20.1. The van der Waals surface area contributed by atoms with Crippen LogP contribution < -0.4 is 0 Å². The third kappa shape index (κ3) is 8.13. The van der Waals surface area contributed by atoms with Crippen molar-refractivity contribution in [2.45, 2.75) is 108 Å². The van der Waals surface area contributed by atoms with E-state index < -0.39 is 9.84 Å². The van der Waals surface area contributed by atoms with Gasteiger partial charge in [0, 0.05) is 17.8 Å². The number of aliphatic imine (C=N–C) groups is 2. The fraction of sp³-hybridized carbons (Fsp3) is 0.704. The summed E-state index contributed by atoms with van der Waals surface area (Å²) in [5.74, 6) is 0.460. The normalized spacial score (nSPS) is 27.1. The Hall–Kier alpha value is -1.49. The quantitative estimate of drug-likeness (QED) is 0.433. The van der Waals surface area contributed by atoms with Crippen molar-refractivity contribution in [3.05, 3.63) is 29.8 Å². The zero-order valence-corrected chi connectivity index (χ0v) is 21.0. The van der Waals surface area contributed by atoms with Crippen LogP contribution in [-0.2, 0) is 9.84 Å². The van der Waals surface area contributed by atoms with Crippen LogP contribution in [0.4, 0.5) is 0 Å². The largest absolute Gasteiger partial charge is 0.294 e. The summed E-state index contributed by atoms with van der Waals surface area (Å²) >= 11 is 0. The van der Waals surface area contributed by atoms with Crippen LogP contribution in [0.15, 0.2) is 39.1 Å². The minimum absolute atomic E-state index is 0.0911. The van der Waals surface area contributed by atoms with Crippen molar-refractivity contribution in [2.24, 2.45) is 21.3 Å². The summed E-state index contributed by atoms with van der Waals surface area (Å²) in [7, 11) is -3.39. The van der Waals surface area contributed by atoms with E-state index in [1.54, 1.807) is 12.1 Å². The van der Waals surface area contributed by atoms with Crippen molar-refractivity contribution in [2.75, 3.05) is 5.88 Å².